The Kier molecular flexibility index (Phi) is 3.90. The van der Waals surface area contributed by atoms with Crippen LogP contribution < -0.4 is 4.74 Å². The van der Waals surface area contributed by atoms with E-state index in [2.05, 4.69) is 0 Å². The van der Waals surface area contributed by atoms with Gasteiger partial charge in [0.2, 0.25) is 0 Å². The summed E-state index contributed by atoms with van der Waals surface area (Å²) in [5.74, 6) is 0.588. The van der Waals surface area contributed by atoms with E-state index in [1.807, 2.05) is 30.3 Å². The molecule has 1 aliphatic carbocycles. The zero-order valence-electron chi connectivity index (χ0n) is 13.5. The zero-order chi connectivity index (χ0) is 17.4. The van der Waals surface area contributed by atoms with Crippen LogP contribution in [0.25, 0.3) is 0 Å². The second-order valence-electron chi connectivity index (χ2n) is 5.69. The number of fused-ring (bicyclic) bond motifs is 2. The lowest BCUT2D eigenvalue weighted by molar-refractivity contribution is 0.0979. The first-order valence-electron chi connectivity index (χ1n) is 7.82. The molecule has 3 aromatic carbocycles. The van der Waals surface area contributed by atoms with Crippen LogP contribution in [0.4, 0.5) is 0 Å². The molecule has 0 atom stereocenters. The van der Waals surface area contributed by atoms with Gasteiger partial charge in [-0.2, -0.15) is 0 Å². The van der Waals surface area contributed by atoms with Crippen LogP contribution in [0.15, 0.2) is 76.5 Å². The first-order valence-corrected chi connectivity index (χ1v) is 8.63. The van der Waals surface area contributed by atoms with Crippen molar-refractivity contribution in [1.29, 1.82) is 0 Å². The van der Waals surface area contributed by atoms with Crippen molar-refractivity contribution in [2.24, 2.45) is 0 Å². The summed E-state index contributed by atoms with van der Waals surface area (Å²) in [4.78, 5) is 27.3. The van der Waals surface area contributed by atoms with Gasteiger partial charge in [0.05, 0.1) is 7.11 Å². The molecule has 0 heterocycles. The van der Waals surface area contributed by atoms with Gasteiger partial charge >= 0.3 is 0 Å². The summed E-state index contributed by atoms with van der Waals surface area (Å²) in [5, 5.41) is 0. The molecule has 0 saturated carbocycles. The topological polar surface area (TPSA) is 43.4 Å². The number of hydrogen-bond donors (Lipinski definition) is 0. The van der Waals surface area contributed by atoms with E-state index in [1.165, 1.54) is 11.8 Å². The maximum Gasteiger partial charge on any atom is 0.194 e. The molecular weight excluding hydrogens is 332 g/mol. The molecular formula is C21H14O3S. The number of rotatable bonds is 3. The van der Waals surface area contributed by atoms with Crippen LogP contribution >= 0.6 is 11.8 Å². The molecule has 1 aliphatic rings. The number of carbonyl (C=O) groups is 2. The minimum atomic E-state index is -0.0988. The van der Waals surface area contributed by atoms with Crippen molar-refractivity contribution in [2.75, 3.05) is 7.11 Å². The number of ketones is 2. The van der Waals surface area contributed by atoms with Crippen LogP contribution in [0.1, 0.15) is 31.8 Å². The van der Waals surface area contributed by atoms with Gasteiger partial charge in [0, 0.05) is 32.0 Å². The summed E-state index contributed by atoms with van der Waals surface area (Å²) < 4.78 is 5.24. The van der Waals surface area contributed by atoms with E-state index >= 15 is 0 Å². The number of methoxy groups -OCH3 is 1. The quantitative estimate of drug-likeness (QED) is 0.543. The van der Waals surface area contributed by atoms with Crippen LogP contribution in [0.3, 0.4) is 0 Å². The monoisotopic (exact) mass is 346 g/mol. The van der Waals surface area contributed by atoms with Gasteiger partial charge in [0.15, 0.2) is 11.6 Å². The summed E-state index contributed by atoms with van der Waals surface area (Å²) >= 11 is 1.53. The largest absolute Gasteiger partial charge is 0.497 e. The Bertz CT molecular complexity index is 1010. The van der Waals surface area contributed by atoms with Gasteiger partial charge in [-0.1, -0.05) is 42.1 Å². The molecule has 0 aliphatic heterocycles. The zero-order valence-corrected chi connectivity index (χ0v) is 14.3. The highest BCUT2D eigenvalue weighted by Crippen LogP contribution is 2.34. The first-order chi connectivity index (χ1) is 12.2. The number of benzene rings is 3. The van der Waals surface area contributed by atoms with Gasteiger partial charge in [0.1, 0.15) is 5.75 Å². The predicted octanol–water partition coefficient (Wildman–Crippen LogP) is 4.62. The molecule has 4 heteroatoms. The van der Waals surface area contributed by atoms with E-state index in [0.29, 0.717) is 22.3 Å². The second-order valence-corrected chi connectivity index (χ2v) is 6.84. The average Bonchev–Trinajstić information content (AvgIpc) is 2.66. The van der Waals surface area contributed by atoms with Crippen LogP contribution in [-0.4, -0.2) is 18.7 Å². The van der Waals surface area contributed by atoms with Crippen LogP contribution in [-0.2, 0) is 0 Å². The summed E-state index contributed by atoms with van der Waals surface area (Å²) in [5.41, 5.74) is 1.90. The Morgan fingerprint density at radius 3 is 2.04 bits per heavy atom. The highest BCUT2D eigenvalue weighted by atomic mass is 32.2. The average molecular weight is 346 g/mol. The van der Waals surface area contributed by atoms with Crippen molar-refractivity contribution < 1.29 is 14.3 Å². The normalized spacial score (nSPS) is 12.5. The fraction of sp³-hybridized carbons (Fsp3) is 0.0476. The van der Waals surface area contributed by atoms with Crippen LogP contribution in [0, 0.1) is 0 Å². The Morgan fingerprint density at radius 2 is 1.32 bits per heavy atom. The van der Waals surface area contributed by atoms with Crippen molar-refractivity contribution >= 4 is 23.3 Å². The minimum absolute atomic E-state index is 0.0943. The van der Waals surface area contributed by atoms with Crippen molar-refractivity contribution in [3.8, 4) is 5.75 Å². The van der Waals surface area contributed by atoms with Crippen LogP contribution in [0.2, 0.25) is 0 Å². The molecule has 0 N–H and O–H groups in total. The van der Waals surface area contributed by atoms with E-state index in [-0.39, 0.29) is 11.6 Å². The van der Waals surface area contributed by atoms with Crippen molar-refractivity contribution in [3.05, 3.63) is 89.0 Å². The first kappa shape index (κ1) is 15.7. The number of carbonyl (C=O) groups excluding carboxylic acids is 2. The van der Waals surface area contributed by atoms with Gasteiger partial charge in [-0.3, -0.25) is 9.59 Å². The van der Waals surface area contributed by atoms with Gasteiger partial charge in [-0.05, 0) is 36.4 Å². The summed E-state index contributed by atoms with van der Waals surface area (Å²) in [7, 11) is 1.63. The SMILES string of the molecule is COc1cccc(Sc2ccc3c(c2)C(=O)c2ccccc2C3=O)c1. The van der Waals surface area contributed by atoms with E-state index in [1.54, 1.807) is 43.5 Å². The molecule has 4 rings (SSSR count). The molecule has 0 fully saturated rings. The summed E-state index contributed by atoms with van der Waals surface area (Å²) in [6.07, 6.45) is 0. The molecule has 0 bridgehead atoms. The fourth-order valence-electron chi connectivity index (χ4n) is 2.94. The standard InChI is InChI=1S/C21H14O3S/c1-24-13-5-4-6-14(11-13)25-15-9-10-18-19(12-15)21(23)17-8-3-2-7-16(17)20(18)22/h2-12H,1H3. The van der Waals surface area contributed by atoms with Crippen molar-refractivity contribution in [1.82, 2.24) is 0 Å². The summed E-state index contributed by atoms with van der Waals surface area (Å²) in [6, 6.07) is 20.1. The highest BCUT2D eigenvalue weighted by Gasteiger charge is 2.29. The molecule has 0 aromatic heterocycles. The van der Waals surface area contributed by atoms with E-state index in [9.17, 15) is 9.59 Å². The predicted molar refractivity (Wildman–Crippen MR) is 96.9 cm³/mol. The van der Waals surface area contributed by atoms with E-state index < -0.39 is 0 Å². The molecule has 3 aromatic rings. The van der Waals surface area contributed by atoms with Gasteiger partial charge in [0.25, 0.3) is 0 Å². The van der Waals surface area contributed by atoms with Crippen molar-refractivity contribution in [3.63, 3.8) is 0 Å². The second kappa shape index (κ2) is 6.22. The Labute approximate surface area is 149 Å². The van der Waals surface area contributed by atoms with Gasteiger partial charge in [-0.25, -0.2) is 0 Å². The molecule has 0 saturated heterocycles. The van der Waals surface area contributed by atoms with E-state index in [4.69, 9.17) is 4.74 Å². The molecule has 0 amide bonds. The Balaban J connectivity index is 1.72. The lowest BCUT2D eigenvalue weighted by Crippen LogP contribution is -2.20. The summed E-state index contributed by atoms with van der Waals surface area (Å²) in [6.45, 7) is 0. The van der Waals surface area contributed by atoms with Gasteiger partial charge in [-0.15, -0.1) is 0 Å². The van der Waals surface area contributed by atoms with Crippen LogP contribution in [0.5, 0.6) is 5.75 Å². The van der Waals surface area contributed by atoms with Crippen molar-refractivity contribution in [2.45, 2.75) is 9.79 Å². The highest BCUT2D eigenvalue weighted by molar-refractivity contribution is 7.99. The lowest BCUT2D eigenvalue weighted by atomic mass is 9.84. The smallest absolute Gasteiger partial charge is 0.194 e. The maximum absolute atomic E-state index is 12.8. The molecule has 25 heavy (non-hydrogen) atoms. The third-order valence-electron chi connectivity index (χ3n) is 4.17. The fourth-order valence-corrected chi connectivity index (χ4v) is 3.85. The molecule has 122 valence electrons. The molecule has 0 radical (unpaired) electrons. The minimum Gasteiger partial charge on any atom is -0.497 e. The molecule has 0 spiro atoms. The maximum atomic E-state index is 12.8. The lowest BCUT2D eigenvalue weighted by Gasteiger charge is -2.18. The van der Waals surface area contributed by atoms with E-state index in [0.717, 1.165) is 15.5 Å². The Morgan fingerprint density at radius 1 is 0.680 bits per heavy atom. The molecule has 3 nitrogen and oxygen atoms in total. The van der Waals surface area contributed by atoms with Gasteiger partial charge < -0.3 is 4.74 Å². The Hall–Kier alpha value is -2.85. The molecule has 0 unspecified atom stereocenters. The third-order valence-corrected chi connectivity index (χ3v) is 5.15. The number of ether oxygens (including phenoxy) is 1. The third kappa shape index (κ3) is 2.75. The number of hydrogen-bond acceptors (Lipinski definition) is 4.